The summed E-state index contributed by atoms with van der Waals surface area (Å²) in [6, 6.07) is 8.53. The summed E-state index contributed by atoms with van der Waals surface area (Å²) in [7, 11) is 0. The van der Waals surface area contributed by atoms with E-state index in [0.29, 0.717) is 17.3 Å². The molecule has 1 amide bonds. The van der Waals surface area contributed by atoms with Gasteiger partial charge in [-0.1, -0.05) is 5.16 Å². The molecule has 7 heteroatoms. The van der Waals surface area contributed by atoms with Crippen LogP contribution in [0.1, 0.15) is 28.9 Å². The molecule has 3 aromatic heterocycles. The molecule has 0 radical (unpaired) electrons. The lowest BCUT2D eigenvalue weighted by atomic mass is 10.0. The number of furan rings is 1. The number of amides is 1. The average Bonchev–Trinajstić information content (AvgIpc) is 3.23. The first-order valence-electron chi connectivity index (χ1n) is 7.40. The molecular formula is C17H17N3O4. The highest BCUT2D eigenvalue weighted by atomic mass is 16.5. The van der Waals surface area contributed by atoms with Crippen molar-refractivity contribution in [1.29, 1.82) is 0 Å². The number of aryl methyl sites for hydroxylation is 1. The Morgan fingerprint density at radius 2 is 2.21 bits per heavy atom. The standard InChI is InChI=1S/C17H17N3O4/c1-11-5-6-15(23-11)17(2,22)10-19-16(21)13-8-14(24-20-13)12-4-3-7-18-9-12/h3-9,22H,10H2,1-2H3,(H,19,21). The van der Waals surface area contributed by atoms with Gasteiger partial charge < -0.3 is 19.4 Å². The Morgan fingerprint density at radius 3 is 2.88 bits per heavy atom. The summed E-state index contributed by atoms with van der Waals surface area (Å²) in [5, 5.41) is 16.8. The van der Waals surface area contributed by atoms with Crippen molar-refractivity contribution in [2.24, 2.45) is 0 Å². The molecule has 3 heterocycles. The van der Waals surface area contributed by atoms with E-state index >= 15 is 0 Å². The number of carbonyl (C=O) groups is 1. The first kappa shape index (κ1) is 15.9. The first-order valence-corrected chi connectivity index (χ1v) is 7.40. The van der Waals surface area contributed by atoms with E-state index in [1.165, 1.54) is 6.07 Å². The number of rotatable bonds is 5. The van der Waals surface area contributed by atoms with Crippen molar-refractivity contribution in [2.45, 2.75) is 19.4 Å². The maximum Gasteiger partial charge on any atom is 0.273 e. The Kier molecular flexibility index (Phi) is 4.18. The lowest BCUT2D eigenvalue weighted by Gasteiger charge is -2.20. The molecule has 0 bridgehead atoms. The second kappa shape index (κ2) is 6.29. The Balaban J connectivity index is 1.66. The fraction of sp³-hybridized carbons (Fsp3) is 0.235. The van der Waals surface area contributed by atoms with Crippen molar-refractivity contribution in [1.82, 2.24) is 15.5 Å². The van der Waals surface area contributed by atoms with Gasteiger partial charge in [-0.3, -0.25) is 9.78 Å². The van der Waals surface area contributed by atoms with Gasteiger partial charge in [0.15, 0.2) is 11.5 Å². The molecule has 0 spiro atoms. The lowest BCUT2D eigenvalue weighted by molar-refractivity contribution is 0.0322. The van der Waals surface area contributed by atoms with Crippen molar-refractivity contribution in [3.05, 3.63) is 59.9 Å². The van der Waals surface area contributed by atoms with Crippen LogP contribution in [0.25, 0.3) is 11.3 Å². The maximum atomic E-state index is 12.2. The minimum absolute atomic E-state index is 0.0200. The minimum Gasteiger partial charge on any atom is -0.463 e. The van der Waals surface area contributed by atoms with Crippen molar-refractivity contribution in [2.75, 3.05) is 6.54 Å². The Morgan fingerprint density at radius 1 is 1.38 bits per heavy atom. The van der Waals surface area contributed by atoms with E-state index in [0.717, 1.165) is 5.56 Å². The molecule has 0 saturated heterocycles. The van der Waals surface area contributed by atoms with Crippen LogP contribution in [0.4, 0.5) is 0 Å². The van der Waals surface area contributed by atoms with Crippen LogP contribution in [0.5, 0.6) is 0 Å². The molecular weight excluding hydrogens is 310 g/mol. The van der Waals surface area contributed by atoms with Gasteiger partial charge in [0.2, 0.25) is 0 Å². The van der Waals surface area contributed by atoms with E-state index in [1.54, 1.807) is 50.5 Å². The third-order valence-electron chi connectivity index (χ3n) is 3.55. The van der Waals surface area contributed by atoms with Crippen LogP contribution in [0, 0.1) is 6.92 Å². The van der Waals surface area contributed by atoms with Crippen LogP contribution >= 0.6 is 0 Å². The number of nitrogens with zero attached hydrogens (tertiary/aromatic N) is 2. The third-order valence-corrected chi connectivity index (χ3v) is 3.55. The van der Waals surface area contributed by atoms with Crippen molar-refractivity contribution in [3.63, 3.8) is 0 Å². The normalized spacial score (nSPS) is 13.5. The number of aromatic nitrogens is 2. The molecule has 3 aromatic rings. The van der Waals surface area contributed by atoms with E-state index < -0.39 is 11.5 Å². The Hall–Kier alpha value is -2.93. The molecule has 24 heavy (non-hydrogen) atoms. The summed E-state index contributed by atoms with van der Waals surface area (Å²) < 4.78 is 10.6. The topological polar surface area (TPSA) is 101 Å². The van der Waals surface area contributed by atoms with Gasteiger partial charge in [0.1, 0.15) is 17.1 Å². The number of carbonyl (C=O) groups excluding carboxylic acids is 1. The molecule has 0 saturated carbocycles. The molecule has 0 aliphatic carbocycles. The van der Waals surface area contributed by atoms with Crippen molar-refractivity contribution < 1.29 is 18.8 Å². The third kappa shape index (κ3) is 3.36. The summed E-state index contributed by atoms with van der Waals surface area (Å²) >= 11 is 0. The summed E-state index contributed by atoms with van der Waals surface area (Å²) in [5.74, 6) is 1.07. The fourth-order valence-corrected chi connectivity index (χ4v) is 2.18. The summed E-state index contributed by atoms with van der Waals surface area (Å²) in [4.78, 5) is 16.2. The second-order valence-electron chi connectivity index (χ2n) is 5.68. The number of hydrogen-bond acceptors (Lipinski definition) is 6. The van der Waals surface area contributed by atoms with Gasteiger partial charge in [0, 0.05) is 24.0 Å². The summed E-state index contributed by atoms with van der Waals surface area (Å²) in [6.07, 6.45) is 3.26. The molecule has 1 unspecified atom stereocenters. The highest BCUT2D eigenvalue weighted by molar-refractivity contribution is 5.93. The molecule has 2 N–H and O–H groups in total. The number of nitrogens with one attached hydrogen (secondary N) is 1. The van der Waals surface area contributed by atoms with E-state index in [-0.39, 0.29) is 12.2 Å². The zero-order chi connectivity index (χ0) is 17.2. The monoisotopic (exact) mass is 327 g/mol. The number of aliphatic hydroxyl groups is 1. The fourth-order valence-electron chi connectivity index (χ4n) is 2.18. The van der Waals surface area contributed by atoms with E-state index in [1.807, 2.05) is 0 Å². The van der Waals surface area contributed by atoms with Crippen LogP contribution < -0.4 is 5.32 Å². The van der Waals surface area contributed by atoms with E-state index in [9.17, 15) is 9.90 Å². The molecule has 124 valence electrons. The average molecular weight is 327 g/mol. The molecule has 0 aliphatic rings. The van der Waals surface area contributed by atoms with Crippen LogP contribution in [0.3, 0.4) is 0 Å². The van der Waals surface area contributed by atoms with Gasteiger partial charge in [-0.15, -0.1) is 0 Å². The van der Waals surface area contributed by atoms with Crippen LogP contribution in [0.15, 0.2) is 51.7 Å². The highest BCUT2D eigenvalue weighted by Gasteiger charge is 2.28. The summed E-state index contributed by atoms with van der Waals surface area (Å²) in [5.41, 5.74) is -0.470. The van der Waals surface area contributed by atoms with Gasteiger partial charge in [0.05, 0.1) is 6.54 Å². The van der Waals surface area contributed by atoms with E-state index in [2.05, 4.69) is 15.5 Å². The zero-order valence-corrected chi connectivity index (χ0v) is 13.3. The molecule has 0 aromatic carbocycles. The smallest absolute Gasteiger partial charge is 0.273 e. The minimum atomic E-state index is -1.32. The second-order valence-corrected chi connectivity index (χ2v) is 5.68. The van der Waals surface area contributed by atoms with Gasteiger partial charge >= 0.3 is 0 Å². The number of hydrogen-bond donors (Lipinski definition) is 2. The number of pyridine rings is 1. The van der Waals surface area contributed by atoms with Crippen molar-refractivity contribution >= 4 is 5.91 Å². The first-order chi connectivity index (χ1) is 11.5. The quantitative estimate of drug-likeness (QED) is 0.745. The maximum absolute atomic E-state index is 12.2. The van der Waals surface area contributed by atoms with Gasteiger partial charge in [-0.05, 0) is 38.1 Å². The Bertz CT molecular complexity index is 836. The van der Waals surface area contributed by atoms with Crippen LogP contribution in [-0.2, 0) is 5.60 Å². The van der Waals surface area contributed by atoms with Crippen LogP contribution in [0.2, 0.25) is 0 Å². The molecule has 0 aliphatic heterocycles. The van der Waals surface area contributed by atoms with Gasteiger partial charge in [-0.25, -0.2) is 0 Å². The molecule has 0 fully saturated rings. The van der Waals surface area contributed by atoms with Gasteiger partial charge in [0.25, 0.3) is 5.91 Å². The molecule has 7 nitrogen and oxygen atoms in total. The molecule has 3 rings (SSSR count). The molecule has 1 atom stereocenters. The Labute approximate surface area is 138 Å². The largest absolute Gasteiger partial charge is 0.463 e. The SMILES string of the molecule is Cc1ccc(C(C)(O)CNC(=O)c2cc(-c3cccnc3)on2)o1. The zero-order valence-electron chi connectivity index (χ0n) is 13.3. The predicted molar refractivity (Wildman–Crippen MR) is 85.1 cm³/mol. The lowest BCUT2D eigenvalue weighted by Crippen LogP contribution is -2.38. The predicted octanol–water partition coefficient (Wildman–Crippen LogP) is 2.28. The van der Waals surface area contributed by atoms with Gasteiger partial charge in [-0.2, -0.15) is 0 Å². The van der Waals surface area contributed by atoms with E-state index in [4.69, 9.17) is 8.94 Å². The summed E-state index contributed by atoms with van der Waals surface area (Å²) in [6.45, 7) is 3.33. The van der Waals surface area contributed by atoms with Crippen molar-refractivity contribution in [3.8, 4) is 11.3 Å². The van der Waals surface area contributed by atoms with Crippen LogP contribution in [-0.4, -0.2) is 27.7 Å². The highest BCUT2D eigenvalue weighted by Crippen LogP contribution is 2.22.